The number of nitriles is 1. The average Bonchev–Trinajstić information content (AvgIpc) is 3.46. The monoisotopic (exact) mass is 512 g/mol. The molecule has 0 radical (unpaired) electrons. The van der Waals surface area contributed by atoms with Crippen molar-refractivity contribution in [1.29, 1.82) is 5.26 Å². The van der Waals surface area contributed by atoms with Crippen molar-refractivity contribution in [2.75, 3.05) is 12.9 Å². The first kappa shape index (κ1) is 24.8. The Kier molecular flexibility index (Phi) is 7.16. The fourth-order valence-corrected chi connectivity index (χ4v) is 6.09. The van der Waals surface area contributed by atoms with Crippen molar-refractivity contribution in [3.8, 4) is 33.0 Å². The van der Waals surface area contributed by atoms with E-state index in [1.165, 1.54) is 11.3 Å². The Labute approximate surface area is 207 Å². The number of methoxy groups -OCH3 is 1. The van der Waals surface area contributed by atoms with Crippen LogP contribution in [0.4, 0.5) is 0 Å². The number of nitrogens with one attached hydrogen (secondary N) is 1. The van der Waals surface area contributed by atoms with Gasteiger partial charge < -0.3 is 9.47 Å². The molecular weight excluding hydrogens is 488 g/mol. The lowest BCUT2D eigenvalue weighted by atomic mass is 10.0. The Morgan fingerprint density at radius 1 is 1.26 bits per heavy atom. The van der Waals surface area contributed by atoms with Crippen LogP contribution in [-0.2, 0) is 26.0 Å². The van der Waals surface area contributed by atoms with Gasteiger partial charge in [0.2, 0.25) is 10.0 Å². The topological polar surface area (TPSA) is 131 Å². The number of aromatic nitrogens is 2. The van der Waals surface area contributed by atoms with Crippen LogP contribution in [0.2, 0.25) is 0 Å². The van der Waals surface area contributed by atoms with E-state index >= 15 is 0 Å². The highest BCUT2D eigenvalue weighted by atomic mass is 32.2. The minimum atomic E-state index is -3.83. The number of benzene rings is 2. The summed E-state index contributed by atoms with van der Waals surface area (Å²) in [6.45, 7) is 3.80. The molecule has 0 aliphatic heterocycles. The lowest BCUT2D eigenvalue weighted by Crippen LogP contribution is -2.33. The summed E-state index contributed by atoms with van der Waals surface area (Å²) in [7, 11) is -2.68. The molecule has 1 aromatic heterocycles. The van der Waals surface area contributed by atoms with Crippen LogP contribution in [0.1, 0.15) is 43.0 Å². The predicted molar refractivity (Wildman–Crippen MR) is 131 cm³/mol. The van der Waals surface area contributed by atoms with Crippen molar-refractivity contribution in [3.05, 3.63) is 53.1 Å². The van der Waals surface area contributed by atoms with E-state index in [1.807, 2.05) is 38.1 Å². The second kappa shape index (κ2) is 10.1. The number of nitrogens with zero attached hydrogens (tertiary/aromatic N) is 3. The Balaban J connectivity index is 1.60. The third-order valence-electron chi connectivity index (χ3n) is 5.49. The molecule has 182 valence electrons. The molecule has 11 heteroatoms. The first-order valence-electron chi connectivity index (χ1n) is 10.9. The second-order valence-electron chi connectivity index (χ2n) is 8.32. The van der Waals surface area contributed by atoms with Gasteiger partial charge in [-0.3, -0.25) is 4.79 Å². The maximum absolute atomic E-state index is 12.4. The van der Waals surface area contributed by atoms with Gasteiger partial charge >= 0.3 is 5.97 Å². The van der Waals surface area contributed by atoms with Gasteiger partial charge in [-0.15, -0.1) is 10.2 Å². The maximum atomic E-state index is 12.4. The van der Waals surface area contributed by atoms with E-state index in [0.717, 1.165) is 29.4 Å². The van der Waals surface area contributed by atoms with E-state index in [-0.39, 0.29) is 6.10 Å². The zero-order chi connectivity index (χ0) is 25.2. The summed E-state index contributed by atoms with van der Waals surface area (Å²) in [4.78, 5) is 11.4. The number of hydrogen-bond donors (Lipinski definition) is 1. The van der Waals surface area contributed by atoms with E-state index in [2.05, 4.69) is 25.7 Å². The van der Waals surface area contributed by atoms with E-state index in [9.17, 15) is 18.5 Å². The summed E-state index contributed by atoms with van der Waals surface area (Å²) >= 11 is 1.40. The molecule has 9 nitrogen and oxygen atoms in total. The molecule has 1 aliphatic rings. The molecule has 4 rings (SSSR count). The highest BCUT2D eigenvalue weighted by Crippen LogP contribution is 2.40. The van der Waals surface area contributed by atoms with Crippen LogP contribution < -0.4 is 9.46 Å². The van der Waals surface area contributed by atoms with Crippen molar-refractivity contribution in [1.82, 2.24) is 14.9 Å². The van der Waals surface area contributed by atoms with Gasteiger partial charge in [0.25, 0.3) is 0 Å². The van der Waals surface area contributed by atoms with Crippen LogP contribution >= 0.6 is 11.3 Å². The Hall–Kier alpha value is -3.33. The zero-order valence-electron chi connectivity index (χ0n) is 19.4. The Bertz CT molecular complexity index is 1410. The fraction of sp³-hybridized carbons (Fsp3) is 0.333. The van der Waals surface area contributed by atoms with Gasteiger partial charge in [-0.1, -0.05) is 29.5 Å². The van der Waals surface area contributed by atoms with E-state index in [0.29, 0.717) is 34.2 Å². The highest BCUT2D eigenvalue weighted by molar-refractivity contribution is 7.90. The molecule has 1 aliphatic carbocycles. The minimum absolute atomic E-state index is 0.0463. The smallest absolute Gasteiger partial charge is 0.322 e. The van der Waals surface area contributed by atoms with E-state index in [4.69, 9.17) is 4.74 Å². The Morgan fingerprint density at radius 3 is 2.74 bits per heavy atom. The maximum Gasteiger partial charge on any atom is 0.322 e. The molecule has 1 heterocycles. The number of rotatable bonds is 8. The first-order valence-corrected chi connectivity index (χ1v) is 13.4. The Morgan fingerprint density at radius 2 is 2.03 bits per heavy atom. The van der Waals surface area contributed by atoms with E-state index < -0.39 is 27.8 Å². The van der Waals surface area contributed by atoms with Gasteiger partial charge in [-0.05, 0) is 56.0 Å². The van der Waals surface area contributed by atoms with Crippen LogP contribution in [0.5, 0.6) is 5.75 Å². The largest absolute Gasteiger partial charge is 0.490 e. The molecule has 0 fully saturated rings. The number of sulfonamides is 1. The van der Waals surface area contributed by atoms with Gasteiger partial charge in [0.05, 0.1) is 18.8 Å². The van der Waals surface area contributed by atoms with Crippen molar-refractivity contribution in [2.24, 2.45) is 0 Å². The van der Waals surface area contributed by atoms with Crippen LogP contribution in [0.25, 0.3) is 21.1 Å². The lowest BCUT2D eigenvalue weighted by Gasteiger charge is -2.14. The van der Waals surface area contributed by atoms with Gasteiger partial charge in [0, 0.05) is 17.2 Å². The molecule has 3 aromatic rings. The number of hydrogen-bond acceptors (Lipinski definition) is 9. The number of fused-ring (bicyclic) bond motifs is 1. The molecule has 0 bridgehead atoms. The van der Waals surface area contributed by atoms with Crippen LogP contribution in [0, 0.1) is 11.3 Å². The standard InChI is InChI=1S/C24H24N4O5S2/c1-14(2)33-21-10-7-15(11-16(21)12-25)23-26-27-24(34-23)19-6-4-5-18-17(19)8-9-20(18)28-35(30,31)13-22(29)32-3/h4-7,10-11,14,20,28H,8-9,13H2,1-3H3/t20-/m0/s1. The molecule has 0 saturated heterocycles. The van der Waals surface area contributed by atoms with Gasteiger partial charge in [0.1, 0.15) is 21.8 Å². The predicted octanol–water partition coefficient (Wildman–Crippen LogP) is 3.61. The molecule has 0 amide bonds. The lowest BCUT2D eigenvalue weighted by molar-refractivity contribution is -0.137. The molecule has 0 saturated carbocycles. The van der Waals surface area contributed by atoms with Gasteiger partial charge in [0.15, 0.2) is 5.75 Å². The van der Waals surface area contributed by atoms with Crippen molar-refractivity contribution < 1.29 is 22.7 Å². The molecule has 1 N–H and O–H groups in total. The summed E-state index contributed by atoms with van der Waals surface area (Å²) in [5.41, 5.74) is 3.94. The minimum Gasteiger partial charge on any atom is -0.490 e. The highest BCUT2D eigenvalue weighted by Gasteiger charge is 2.30. The quantitative estimate of drug-likeness (QED) is 0.453. The first-order chi connectivity index (χ1) is 16.7. The number of ether oxygens (including phenoxy) is 2. The number of carbonyl (C=O) groups excluding carboxylic acids is 1. The van der Waals surface area contributed by atoms with Crippen LogP contribution in [0.15, 0.2) is 36.4 Å². The third-order valence-corrected chi connectivity index (χ3v) is 7.76. The molecular formula is C24H24N4O5S2. The summed E-state index contributed by atoms with van der Waals surface area (Å²) < 4.78 is 37.5. The molecule has 1 atom stereocenters. The fourth-order valence-electron chi connectivity index (χ4n) is 4.01. The second-order valence-corrected chi connectivity index (χ2v) is 11.1. The van der Waals surface area contributed by atoms with Gasteiger partial charge in [-0.2, -0.15) is 5.26 Å². The third kappa shape index (κ3) is 5.51. The van der Waals surface area contributed by atoms with E-state index in [1.54, 1.807) is 12.1 Å². The van der Waals surface area contributed by atoms with Crippen molar-refractivity contribution in [3.63, 3.8) is 0 Å². The van der Waals surface area contributed by atoms with Crippen LogP contribution in [0.3, 0.4) is 0 Å². The SMILES string of the molecule is COC(=O)CS(=O)(=O)N[C@H]1CCc2c(-c3nnc(-c4ccc(OC(C)C)c(C#N)c4)s3)cccc21. The van der Waals surface area contributed by atoms with Crippen molar-refractivity contribution in [2.45, 2.75) is 38.8 Å². The van der Waals surface area contributed by atoms with Gasteiger partial charge in [-0.25, -0.2) is 13.1 Å². The number of esters is 1. The summed E-state index contributed by atoms with van der Waals surface area (Å²) in [6, 6.07) is 12.8. The van der Waals surface area contributed by atoms with Crippen LogP contribution in [-0.4, -0.2) is 43.6 Å². The zero-order valence-corrected chi connectivity index (χ0v) is 21.1. The van der Waals surface area contributed by atoms with Crippen molar-refractivity contribution >= 4 is 27.3 Å². The molecule has 35 heavy (non-hydrogen) atoms. The molecule has 0 spiro atoms. The summed E-state index contributed by atoms with van der Waals surface area (Å²) in [6.07, 6.45) is 1.18. The summed E-state index contributed by atoms with van der Waals surface area (Å²) in [5.74, 6) is -1.01. The molecule has 2 aromatic carbocycles. The number of carbonyl (C=O) groups is 1. The normalized spacial score (nSPS) is 15.0. The summed E-state index contributed by atoms with van der Waals surface area (Å²) in [5, 5.41) is 19.6. The average molecular weight is 513 g/mol. The molecule has 0 unspecified atom stereocenters.